The van der Waals surface area contributed by atoms with Crippen LogP contribution in [0.1, 0.15) is 17.3 Å². The van der Waals surface area contributed by atoms with Crippen molar-refractivity contribution in [2.75, 3.05) is 13.9 Å². The Balaban J connectivity index is 3.02. The van der Waals surface area contributed by atoms with Crippen LogP contribution in [0.2, 0.25) is 5.02 Å². The van der Waals surface area contributed by atoms with Crippen LogP contribution >= 0.6 is 11.6 Å². The van der Waals surface area contributed by atoms with Gasteiger partial charge in [0.2, 0.25) is 0 Å². The Hall–Kier alpha value is -1.13. The summed E-state index contributed by atoms with van der Waals surface area (Å²) in [6.07, 6.45) is 2.83. The van der Waals surface area contributed by atoms with Crippen LogP contribution < -0.4 is 4.74 Å². The van der Waals surface area contributed by atoms with E-state index in [2.05, 4.69) is 4.98 Å². The second kappa shape index (κ2) is 4.93. The average molecular weight is 216 g/mol. The molecule has 4 nitrogen and oxygen atoms in total. The van der Waals surface area contributed by atoms with E-state index in [9.17, 15) is 4.79 Å². The van der Waals surface area contributed by atoms with Crippen molar-refractivity contribution in [2.45, 2.75) is 6.92 Å². The molecule has 0 aliphatic rings. The smallest absolute Gasteiger partial charge is 0.188 e. The lowest BCUT2D eigenvalue weighted by Gasteiger charge is -2.08. The number of hydrogen-bond donors (Lipinski definition) is 0. The molecule has 0 saturated carbocycles. The number of ketones is 1. The van der Waals surface area contributed by atoms with Crippen molar-refractivity contribution in [3.63, 3.8) is 0 Å². The van der Waals surface area contributed by atoms with Gasteiger partial charge in [0.15, 0.2) is 18.3 Å². The number of carbonyl (C=O) groups excluding carboxylic acids is 1. The van der Waals surface area contributed by atoms with E-state index in [1.54, 1.807) is 0 Å². The highest BCUT2D eigenvalue weighted by molar-refractivity contribution is 6.34. The largest absolute Gasteiger partial charge is 0.465 e. The van der Waals surface area contributed by atoms with Gasteiger partial charge in [0, 0.05) is 13.3 Å². The molecule has 1 aromatic heterocycles. The number of hydrogen-bond acceptors (Lipinski definition) is 4. The van der Waals surface area contributed by atoms with Crippen molar-refractivity contribution in [3.8, 4) is 5.75 Å². The summed E-state index contributed by atoms with van der Waals surface area (Å²) in [6, 6.07) is 0. The number of carbonyl (C=O) groups is 1. The van der Waals surface area contributed by atoms with Crippen LogP contribution in [0.5, 0.6) is 5.75 Å². The molecule has 1 rings (SSSR count). The van der Waals surface area contributed by atoms with E-state index in [1.807, 2.05) is 0 Å². The Morgan fingerprint density at radius 2 is 2.29 bits per heavy atom. The minimum absolute atomic E-state index is 0.0578. The second-order valence-corrected chi connectivity index (χ2v) is 3.01. The number of methoxy groups -OCH3 is 1. The molecule has 0 aliphatic carbocycles. The normalized spacial score (nSPS) is 9.93. The van der Waals surface area contributed by atoms with Crippen LogP contribution in [0.15, 0.2) is 12.4 Å². The zero-order chi connectivity index (χ0) is 10.6. The Labute approximate surface area is 86.8 Å². The van der Waals surface area contributed by atoms with Crippen LogP contribution in [0.3, 0.4) is 0 Å². The molecule has 0 aliphatic heterocycles. The zero-order valence-corrected chi connectivity index (χ0v) is 8.67. The first kappa shape index (κ1) is 10.9. The van der Waals surface area contributed by atoms with Gasteiger partial charge in [-0.1, -0.05) is 11.6 Å². The molecule has 0 unspecified atom stereocenters. The van der Waals surface area contributed by atoms with Crippen LogP contribution in [-0.4, -0.2) is 24.7 Å². The van der Waals surface area contributed by atoms with Gasteiger partial charge in [0.25, 0.3) is 0 Å². The zero-order valence-electron chi connectivity index (χ0n) is 7.91. The van der Waals surface area contributed by atoms with Gasteiger partial charge in [-0.05, 0) is 6.92 Å². The second-order valence-electron chi connectivity index (χ2n) is 2.60. The van der Waals surface area contributed by atoms with Crippen molar-refractivity contribution >= 4 is 17.4 Å². The summed E-state index contributed by atoms with van der Waals surface area (Å²) in [7, 11) is 1.49. The van der Waals surface area contributed by atoms with Gasteiger partial charge in [-0.25, -0.2) is 0 Å². The van der Waals surface area contributed by atoms with Crippen molar-refractivity contribution in [1.29, 1.82) is 0 Å². The molecular formula is C9H10ClNO3. The summed E-state index contributed by atoms with van der Waals surface area (Å²) in [6.45, 7) is 1.48. The standard InChI is InChI=1S/C9H10ClNO3/c1-6(12)9-7(10)3-11-4-8(9)14-5-13-2/h3-4H,5H2,1-2H3. The van der Waals surface area contributed by atoms with Crippen molar-refractivity contribution in [2.24, 2.45) is 0 Å². The van der Waals surface area contributed by atoms with Gasteiger partial charge < -0.3 is 9.47 Å². The van der Waals surface area contributed by atoms with Gasteiger partial charge >= 0.3 is 0 Å². The number of aromatic nitrogens is 1. The summed E-state index contributed by atoms with van der Waals surface area (Å²) in [5.41, 5.74) is 0.332. The maximum Gasteiger partial charge on any atom is 0.188 e. The predicted molar refractivity (Wildman–Crippen MR) is 51.8 cm³/mol. The van der Waals surface area contributed by atoms with Crippen LogP contribution in [0.4, 0.5) is 0 Å². The molecule has 5 heteroatoms. The van der Waals surface area contributed by atoms with Gasteiger partial charge in [-0.2, -0.15) is 0 Å². The minimum atomic E-state index is -0.163. The summed E-state index contributed by atoms with van der Waals surface area (Å²) < 4.78 is 9.85. The summed E-state index contributed by atoms with van der Waals surface area (Å²) in [4.78, 5) is 15.0. The monoisotopic (exact) mass is 215 g/mol. The fourth-order valence-corrected chi connectivity index (χ4v) is 1.27. The summed E-state index contributed by atoms with van der Waals surface area (Å²) >= 11 is 5.80. The van der Waals surface area contributed by atoms with E-state index in [0.717, 1.165) is 0 Å². The molecule has 0 N–H and O–H groups in total. The van der Waals surface area contributed by atoms with Crippen molar-refractivity contribution in [3.05, 3.63) is 23.0 Å². The molecule has 14 heavy (non-hydrogen) atoms. The number of Topliss-reactive ketones (excluding diaryl/α,β-unsaturated/α-hetero) is 1. The molecule has 1 aromatic rings. The molecule has 0 spiro atoms. The van der Waals surface area contributed by atoms with Crippen LogP contribution in [0, 0.1) is 0 Å². The molecular weight excluding hydrogens is 206 g/mol. The lowest BCUT2D eigenvalue weighted by molar-refractivity contribution is 0.0500. The molecule has 0 saturated heterocycles. The lowest BCUT2D eigenvalue weighted by atomic mass is 10.2. The topological polar surface area (TPSA) is 48.4 Å². The molecule has 0 fully saturated rings. The van der Waals surface area contributed by atoms with E-state index in [-0.39, 0.29) is 17.6 Å². The van der Waals surface area contributed by atoms with E-state index < -0.39 is 0 Å². The molecule has 76 valence electrons. The van der Waals surface area contributed by atoms with Gasteiger partial charge in [0.1, 0.15) is 0 Å². The lowest BCUT2D eigenvalue weighted by Crippen LogP contribution is -2.05. The quantitative estimate of drug-likeness (QED) is 0.569. The van der Waals surface area contributed by atoms with Crippen LogP contribution in [0.25, 0.3) is 0 Å². The summed E-state index contributed by atoms with van der Waals surface area (Å²) in [5, 5.41) is 0.283. The molecule has 0 amide bonds. The van der Waals surface area contributed by atoms with E-state index >= 15 is 0 Å². The third-order valence-corrected chi connectivity index (χ3v) is 1.84. The third kappa shape index (κ3) is 2.43. The predicted octanol–water partition coefficient (Wildman–Crippen LogP) is 1.92. The van der Waals surface area contributed by atoms with Gasteiger partial charge in [0.05, 0.1) is 16.8 Å². The van der Waals surface area contributed by atoms with Gasteiger partial charge in [-0.15, -0.1) is 0 Å². The fraction of sp³-hybridized carbons (Fsp3) is 0.333. The number of pyridine rings is 1. The molecule has 0 atom stereocenters. The minimum Gasteiger partial charge on any atom is -0.465 e. The third-order valence-electron chi connectivity index (χ3n) is 1.55. The number of halogens is 1. The van der Waals surface area contributed by atoms with E-state index in [0.29, 0.717) is 11.3 Å². The summed E-state index contributed by atoms with van der Waals surface area (Å²) in [5.74, 6) is 0.176. The SMILES string of the molecule is COCOc1cncc(Cl)c1C(C)=O. The Morgan fingerprint density at radius 1 is 1.57 bits per heavy atom. The molecule has 0 radical (unpaired) electrons. The highest BCUT2D eigenvalue weighted by Gasteiger charge is 2.13. The Kier molecular flexibility index (Phi) is 3.85. The van der Waals surface area contributed by atoms with E-state index in [1.165, 1.54) is 26.4 Å². The van der Waals surface area contributed by atoms with Gasteiger partial charge in [-0.3, -0.25) is 9.78 Å². The highest BCUT2D eigenvalue weighted by Crippen LogP contribution is 2.25. The average Bonchev–Trinajstić information content (AvgIpc) is 2.14. The van der Waals surface area contributed by atoms with Crippen molar-refractivity contribution < 1.29 is 14.3 Å². The van der Waals surface area contributed by atoms with Crippen LogP contribution in [-0.2, 0) is 4.74 Å². The van der Waals surface area contributed by atoms with Crippen molar-refractivity contribution in [1.82, 2.24) is 4.98 Å². The van der Waals surface area contributed by atoms with E-state index in [4.69, 9.17) is 21.1 Å². The maximum atomic E-state index is 11.2. The Bertz CT molecular complexity index is 341. The number of rotatable bonds is 4. The first-order chi connectivity index (χ1) is 6.66. The Morgan fingerprint density at radius 3 is 2.86 bits per heavy atom. The maximum absolute atomic E-state index is 11.2. The highest BCUT2D eigenvalue weighted by atomic mass is 35.5. The molecule has 0 bridgehead atoms. The molecule has 1 heterocycles. The number of nitrogens with zero attached hydrogens (tertiary/aromatic N) is 1. The first-order valence-electron chi connectivity index (χ1n) is 3.93. The first-order valence-corrected chi connectivity index (χ1v) is 4.30. The molecule has 0 aromatic carbocycles. The fourth-order valence-electron chi connectivity index (χ4n) is 0.991. The number of ether oxygens (including phenoxy) is 2.